The van der Waals surface area contributed by atoms with Crippen molar-refractivity contribution < 1.29 is 4.74 Å². The average Bonchev–Trinajstić information content (AvgIpc) is 2.97. The Morgan fingerprint density at radius 3 is 2.35 bits per heavy atom. The number of likely N-dealkylation sites (tertiary alicyclic amines) is 1. The van der Waals surface area contributed by atoms with Crippen LogP contribution in [0.5, 0.6) is 0 Å². The van der Waals surface area contributed by atoms with E-state index in [9.17, 15) is 0 Å². The van der Waals surface area contributed by atoms with E-state index in [1.807, 2.05) is 7.05 Å². The highest BCUT2D eigenvalue weighted by Crippen LogP contribution is 2.47. The molecular formula is C17H31IN4O. The first-order valence-electron chi connectivity index (χ1n) is 9.00. The number of aliphatic imine (C=N–C) groups is 1. The highest BCUT2D eigenvalue weighted by Gasteiger charge is 2.53. The molecule has 5 nitrogen and oxygen atoms in total. The molecule has 4 rings (SSSR count). The first-order valence-corrected chi connectivity index (χ1v) is 9.00. The molecule has 5 unspecified atom stereocenters. The topological polar surface area (TPSA) is 40.1 Å². The van der Waals surface area contributed by atoms with Gasteiger partial charge in [0.25, 0.3) is 0 Å². The van der Waals surface area contributed by atoms with Crippen molar-refractivity contribution in [3.05, 3.63) is 0 Å². The predicted molar refractivity (Wildman–Crippen MR) is 103 cm³/mol. The Hall–Kier alpha value is -0.0800. The highest BCUT2D eigenvalue weighted by atomic mass is 127. The van der Waals surface area contributed by atoms with Crippen molar-refractivity contribution in [2.45, 2.75) is 56.9 Å². The second kappa shape index (κ2) is 7.04. The minimum atomic E-state index is 0. The Bertz CT molecular complexity index is 438. The zero-order valence-electron chi connectivity index (χ0n) is 14.6. The van der Waals surface area contributed by atoms with E-state index in [1.165, 1.54) is 25.7 Å². The van der Waals surface area contributed by atoms with Crippen LogP contribution in [-0.2, 0) is 4.74 Å². The molecule has 6 heteroatoms. The molecule has 3 heterocycles. The van der Waals surface area contributed by atoms with Crippen molar-refractivity contribution in [3.63, 3.8) is 0 Å². The molecule has 4 fully saturated rings. The van der Waals surface area contributed by atoms with Crippen LogP contribution in [0.25, 0.3) is 0 Å². The third-order valence-corrected chi connectivity index (χ3v) is 6.34. The van der Waals surface area contributed by atoms with Crippen LogP contribution in [0.2, 0.25) is 0 Å². The van der Waals surface area contributed by atoms with Crippen LogP contribution in [0.1, 0.15) is 32.6 Å². The third-order valence-electron chi connectivity index (χ3n) is 6.34. The maximum Gasteiger partial charge on any atom is 0.193 e. The molecule has 0 aromatic rings. The van der Waals surface area contributed by atoms with Gasteiger partial charge in [-0.25, -0.2) is 0 Å². The molecule has 0 spiro atoms. The second-order valence-electron chi connectivity index (χ2n) is 7.70. The Kier molecular flexibility index (Phi) is 5.43. The number of halogens is 1. The normalized spacial score (nSPS) is 37.0. The summed E-state index contributed by atoms with van der Waals surface area (Å²) in [6, 6.07) is 1.38. The summed E-state index contributed by atoms with van der Waals surface area (Å²) < 4.78 is 6.07. The molecule has 132 valence electrons. The Balaban J connectivity index is 0.00000156. The summed E-state index contributed by atoms with van der Waals surface area (Å²) in [5.74, 6) is 2.57. The number of hydrogen-bond acceptors (Lipinski definition) is 3. The van der Waals surface area contributed by atoms with E-state index >= 15 is 0 Å². The van der Waals surface area contributed by atoms with Gasteiger partial charge in [0, 0.05) is 50.6 Å². The molecule has 23 heavy (non-hydrogen) atoms. The van der Waals surface area contributed by atoms with Gasteiger partial charge in [-0.15, -0.1) is 24.0 Å². The fourth-order valence-corrected chi connectivity index (χ4v) is 4.69. The van der Waals surface area contributed by atoms with E-state index in [4.69, 9.17) is 4.74 Å². The smallest absolute Gasteiger partial charge is 0.193 e. The van der Waals surface area contributed by atoms with Gasteiger partial charge in [-0.1, -0.05) is 0 Å². The number of likely N-dealkylation sites (N-methyl/N-ethyl adjacent to an activating group) is 1. The maximum atomic E-state index is 6.07. The monoisotopic (exact) mass is 434 g/mol. The molecule has 2 bridgehead atoms. The quantitative estimate of drug-likeness (QED) is 0.416. The molecule has 5 atom stereocenters. The zero-order chi connectivity index (χ0) is 15.3. The molecule has 1 aliphatic carbocycles. The van der Waals surface area contributed by atoms with E-state index in [-0.39, 0.29) is 24.0 Å². The van der Waals surface area contributed by atoms with Gasteiger partial charge < -0.3 is 15.0 Å². The minimum Gasteiger partial charge on any atom is -0.374 e. The first kappa shape index (κ1) is 17.7. The van der Waals surface area contributed by atoms with E-state index in [1.54, 1.807) is 0 Å². The Labute approximate surface area is 157 Å². The molecular weight excluding hydrogens is 403 g/mol. The van der Waals surface area contributed by atoms with Crippen molar-refractivity contribution in [2.75, 3.05) is 33.7 Å². The molecule has 0 aromatic carbocycles. The van der Waals surface area contributed by atoms with Crippen molar-refractivity contribution in [1.29, 1.82) is 0 Å². The summed E-state index contributed by atoms with van der Waals surface area (Å²) in [5, 5.41) is 3.61. The van der Waals surface area contributed by atoms with Crippen molar-refractivity contribution in [3.8, 4) is 0 Å². The van der Waals surface area contributed by atoms with Gasteiger partial charge in [-0.3, -0.25) is 9.89 Å². The molecule has 4 aliphatic rings. The number of nitrogens with zero attached hydrogens (tertiary/aromatic N) is 3. The lowest BCUT2D eigenvalue weighted by atomic mass is 9.82. The van der Waals surface area contributed by atoms with Gasteiger partial charge in [0.05, 0.1) is 12.2 Å². The molecule has 0 aromatic heterocycles. The molecule has 1 saturated carbocycles. The van der Waals surface area contributed by atoms with E-state index in [0.29, 0.717) is 18.2 Å². The number of ether oxygens (including phenoxy) is 1. The molecule has 0 radical (unpaired) electrons. The summed E-state index contributed by atoms with van der Waals surface area (Å²) in [6.07, 6.45) is 6.34. The number of hydrogen-bond donors (Lipinski definition) is 1. The Morgan fingerprint density at radius 1 is 1.22 bits per heavy atom. The lowest BCUT2D eigenvalue weighted by Gasteiger charge is -2.28. The van der Waals surface area contributed by atoms with Gasteiger partial charge in [-0.05, 0) is 39.7 Å². The van der Waals surface area contributed by atoms with Gasteiger partial charge in [0.15, 0.2) is 5.96 Å². The fourth-order valence-electron chi connectivity index (χ4n) is 4.69. The van der Waals surface area contributed by atoms with Crippen LogP contribution in [0, 0.1) is 11.8 Å². The van der Waals surface area contributed by atoms with Crippen LogP contribution < -0.4 is 5.32 Å². The van der Waals surface area contributed by atoms with E-state index in [2.05, 4.69) is 34.1 Å². The lowest BCUT2D eigenvalue weighted by Crippen LogP contribution is -2.47. The SMILES string of the molecule is CN=C(NCC(C)N(C)C1CC1)N1CC2C3CCC(O3)C2C1.I. The summed E-state index contributed by atoms with van der Waals surface area (Å²) >= 11 is 0. The third kappa shape index (κ3) is 3.35. The number of nitrogens with one attached hydrogen (secondary N) is 1. The zero-order valence-corrected chi connectivity index (χ0v) is 16.9. The number of rotatable bonds is 4. The minimum absolute atomic E-state index is 0. The summed E-state index contributed by atoms with van der Waals surface area (Å²) in [7, 11) is 4.17. The molecule has 3 saturated heterocycles. The summed E-state index contributed by atoms with van der Waals surface area (Å²) in [5.41, 5.74) is 0. The van der Waals surface area contributed by atoms with Crippen LogP contribution in [0.3, 0.4) is 0 Å². The van der Waals surface area contributed by atoms with Gasteiger partial charge in [-0.2, -0.15) is 0 Å². The standard InChI is InChI=1S/C17H30N4O.HI/c1-11(20(3)12-4-5-12)8-19-17(18-2)21-9-13-14(10-21)16-7-6-15(13)22-16;/h11-16H,4-10H2,1-3H3,(H,18,19);1H. The molecule has 0 amide bonds. The summed E-state index contributed by atoms with van der Waals surface area (Å²) in [4.78, 5) is 9.50. The largest absolute Gasteiger partial charge is 0.374 e. The average molecular weight is 434 g/mol. The van der Waals surface area contributed by atoms with Crippen LogP contribution >= 0.6 is 24.0 Å². The first-order chi connectivity index (χ1) is 10.7. The molecule has 3 aliphatic heterocycles. The van der Waals surface area contributed by atoms with E-state index in [0.717, 1.165) is 43.5 Å². The second-order valence-corrected chi connectivity index (χ2v) is 7.70. The fraction of sp³-hybridized carbons (Fsp3) is 0.941. The van der Waals surface area contributed by atoms with Gasteiger partial charge in [0.2, 0.25) is 0 Å². The predicted octanol–water partition coefficient (Wildman–Crippen LogP) is 1.77. The van der Waals surface area contributed by atoms with Gasteiger partial charge in [0.1, 0.15) is 0 Å². The van der Waals surface area contributed by atoms with Crippen LogP contribution in [0.4, 0.5) is 0 Å². The number of guanidine groups is 1. The number of fused-ring (bicyclic) bond motifs is 5. The van der Waals surface area contributed by atoms with Crippen molar-refractivity contribution in [2.24, 2.45) is 16.8 Å². The van der Waals surface area contributed by atoms with E-state index < -0.39 is 0 Å². The Morgan fingerprint density at radius 2 is 1.83 bits per heavy atom. The van der Waals surface area contributed by atoms with Gasteiger partial charge >= 0.3 is 0 Å². The highest BCUT2D eigenvalue weighted by molar-refractivity contribution is 14.0. The lowest BCUT2D eigenvalue weighted by molar-refractivity contribution is 0.0766. The molecule has 1 N–H and O–H groups in total. The summed E-state index contributed by atoms with van der Waals surface area (Å²) in [6.45, 7) is 5.54. The maximum absolute atomic E-state index is 6.07. The van der Waals surface area contributed by atoms with Crippen molar-refractivity contribution >= 4 is 29.9 Å². The van der Waals surface area contributed by atoms with Crippen LogP contribution in [-0.4, -0.2) is 73.8 Å². The van der Waals surface area contributed by atoms with Crippen LogP contribution in [0.15, 0.2) is 4.99 Å². The van der Waals surface area contributed by atoms with Crippen molar-refractivity contribution in [1.82, 2.24) is 15.1 Å².